The van der Waals surface area contributed by atoms with Gasteiger partial charge in [-0.15, -0.1) is 0 Å². The molecule has 1 unspecified atom stereocenters. The first-order valence-corrected chi connectivity index (χ1v) is 5.06. The van der Waals surface area contributed by atoms with Gasteiger partial charge in [-0.05, 0) is 17.7 Å². The summed E-state index contributed by atoms with van der Waals surface area (Å²) >= 11 is 0. The molecule has 1 atom stereocenters. The fourth-order valence-corrected chi connectivity index (χ4v) is 1.70. The maximum Gasteiger partial charge on any atom is 0.269 e. The highest BCUT2D eigenvalue weighted by atomic mass is 16.6. The SMILES string of the molecule is CC(c1cccc([N+](=O)[O-])c1)c1ccc[nH]1. The second-order valence-electron chi connectivity index (χ2n) is 3.70. The van der Waals surface area contributed by atoms with E-state index in [1.807, 2.05) is 31.3 Å². The minimum absolute atomic E-state index is 0.134. The molecule has 16 heavy (non-hydrogen) atoms. The number of rotatable bonds is 3. The fourth-order valence-electron chi connectivity index (χ4n) is 1.70. The monoisotopic (exact) mass is 216 g/mol. The lowest BCUT2D eigenvalue weighted by Gasteiger charge is -2.09. The van der Waals surface area contributed by atoms with Crippen LogP contribution < -0.4 is 0 Å². The number of aromatic nitrogens is 1. The molecule has 0 aliphatic rings. The number of nitro groups is 1. The molecule has 0 aliphatic heterocycles. The average Bonchev–Trinajstić information content (AvgIpc) is 2.81. The summed E-state index contributed by atoms with van der Waals surface area (Å²) in [5, 5.41) is 10.7. The summed E-state index contributed by atoms with van der Waals surface area (Å²) in [7, 11) is 0. The third kappa shape index (κ3) is 1.95. The van der Waals surface area contributed by atoms with Gasteiger partial charge in [-0.1, -0.05) is 19.1 Å². The highest BCUT2D eigenvalue weighted by molar-refractivity contribution is 5.38. The van der Waals surface area contributed by atoms with Crippen molar-refractivity contribution < 1.29 is 4.92 Å². The molecule has 4 heteroatoms. The van der Waals surface area contributed by atoms with Crippen molar-refractivity contribution in [1.29, 1.82) is 0 Å². The minimum Gasteiger partial charge on any atom is -0.364 e. The molecule has 1 aromatic heterocycles. The minimum atomic E-state index is -0.370. The molecule has 0 amide bonds. The first-order chi connectivity index (χ1) is 7.68. The molecule has 0 saturated carbocycles. The molecule has 0 aliphatic carbocycles. The van der Waals surface area contributed by atoms with Crippen LogP contribution in [0.1, 0.15) is 24.1 Å². The first kappa shape index (κ1) is 10.4. The molecule has 0 radical (unpaired) electrons. The zero-order valence-corrected chi connectivity index (χ0v) is 8.88. The summed E-state index contributed by atoms with van der Waals surface area (Å²) in [6.07, 6.45) is 1.85. The van der Waals surface area contributed by atoms with Crippen LogP contribution in [0.15, 0.2) is 42.6 Å². The maximum absolute atomic E-state index is 10.7. The smallest absolute Gasteiger partial charge is 0.269 e. The Bertz CT molecular complexity index is 491. The van der Waals surface area contributed by atoms with E-state index in [2.05, 4.69) is 4.98 Å². The zero-order valence-electron chi connectivity index (χ0n) is 8.88. The van der Waals surface area contributed by atoms with E-state index in [9.17, 15) is 10.1 Å². The number of benzene rings is 1. The van der Waals surface area contributed by atoms with Gasteiger partial charge in [0.2, 0.25) is 0 Å². The molecule has 82 valence electrons. The predicted octanol–water partition coefficient (Wildman–Crippen LogP) is 3.07. The molecule has 2 rings (SSSR count). The van der Waals surface area contributed by atoms with E-state index in [0.717, 1.165) is 11.3 Å². The Morgan fingerprint density at radius 2 is 2.12 bits per heavy atom. The standard InChI is InChI=1S/C12H12N2O2/c1-9(12-6-3-7-13-12)10-4-2-5-11(8-10)14(15)16/h2-9,13H,1H3. The van der Waals surface area contributed by atoms with Crippen molar-refractivity contribution >= 4 is 5.69 Å². The predicted molar refractivity (Wildman–Crippen MR) is 61.4 cm³/mol. The average molecular weight is 216 g/mol. The normalized spacial score (nSPS) is 12.3. The number of hydrogen-bond donors (Lipinski definition) is 1. The molecular weight excluding hydrogens is 204 g/mol. The van der Waals surface area contributed by atoms with E-state index < -0.39 is 0 Å². The summed E-state index contributed by atoms with van der Waals surface area (Å²) in [6.45, 7) is 2.02. The van der Waals surface area contributed by atoms with Crippen molar-refractivity contribution in [2.75, 3.05) is 0 Å². The quantitative estimate of drug-likeness (QED) is 0.633. The van der Waals surface area contributed by atoms with Crippen molar-refractivity contribution in [3.8, 4) is 0 Å². The topological polar surface area (TPSA) is 58.9 Å². The van der Waals surface area contributed by atoms with Crippen LogP contribution in [-0.4, -0.2) is 9.91 Å². The van der Waals surface area contributed by atoms with Gasteiger partial charge in [-0.25, -0.2) is 0 Å². The lowest BCUT2D eigenvalue weighted by Crippen LogP contribution is -1.97. The number of nitro benzene ring substituents is 1. The summed E-state index contributed by atoms with van der Waals surface area (Å²) in [5.41, 5.74) is 2.13. The molecule has 4 nitrogen and oxygen atoms in total. The highest BCUT2D eigenvalue weighted by Gasteiger charge is 2.12. The lowest BCUT2D eigenvalue weighted by molar-refractivity contribution is -0.384. The van der Waals surface area contributed by atoms with Crippen LogP contribution in [0.2, 0.25) is 0 Å². The Labute approximate surface area is 93.1 Å². The Morgan fingerprint density at radius 3 is 2.75 bits per heavy atom. The fraction of sp³-hybridized carbons (Fsp3) is 0.167. The molecule has 0 saturated heterocycles. The molecule has 0 spiro atoms. The number of aromatic amines is 1. The highest BCUT2D eigenvalue weighted by Crippen LogP contribution is 2.25. The van der Waals surface area contributed by atoms with Crippen molar-refractivity contribution in [1.82, 2.24) is 4.98 Å². The van der Waals surface area contributed by atoms with Crippen molar-refractivity contribution in [2.45, 2.75) is 12.8 Å². The van der Waals surface area contributed by atoms with Gasteiger partial charge in [0.15, 0.2) is 0 Å². The molecule has 1 heterocycles. The van der Waals surface area contributed by atoms with Gasteiger partial charge in [-0.3, -0.25) is 10.1 Å². The lowest BCUT2D eigenvalue weighted by atomic mass is 9.98. The van der Waals surface area contributed by atoms with E-state index in [1.54, 1.807) is 12.1 Å². The van der Waals surface area contributed by atoms with Gasteiger partial charge in [-0.2, -0.15) is 0 Å². The molecule has 2 aromatic rings. The Balaban J connectivity index is 2.34. The van der Waals surface area contributed by atoms with E-state index >= 15 is 0 Å². The Hall–Kier alpha value is -2.10. The number of hydrogen-bond acceptors (Lipinski definition) is 2. The van der Waals surface area contributed by atoms with Crippen molar-refractivity contribution in [2.24, 2.45) is 0 Å². The Kier molecular flexibility index (Phi) is 2.72. The van der Waals surface area contributed by atoms with Crippen LogP contribution in [0.25, 0.3) is 0 Å². The van der Waals surface area contributed by atoms with Crippen LogP contribution >= 0.6 is 0 Å². The number of nitrogens with zero attached hydrogens (tertiary/aromatic N) is 1. The second-order valence-corrected chi connectivity index (χ2v) is 3.70. The summed E-state index contributed by atoms with van der Waals surface area (Å²) in [4.78, 5) is 13.4. The van der Waals surface area contributed by atoms with E-state index in [1.165, 1.54) is 6.07 Å². The largest absolute Gasteiger partial charge is 0.364 e. The maximum atomic E-state index is 10.7. The van der Waals surface area contributed by atoms with Crippen LogP contribution in [0.3, 0.4) is 0 Å². The zero-order chi connectivity index (χ0) is 11.5. The molecule has 1 aromatic carbocycles. The van der Waals surface area contributed by atoms with Gasteiger partial charge in [0.1, 0.15) is 0 Å². The number of non-ortho nitro benzene ring substituents is 1. The third-order valence-corrected chi connectivity index (χ3v) is 2.67. The first-order valence-electron chi connectivity index (χ1n) is 5.06. The third-order valence-electron chi connectivity index (χ3n) is 2.67. The van der Waals surface area contributed by atoms with Crippen LogP contribution in [-0.2, 0) is 0 Å². The van der Waals surface area contributed by atoms with Crippen LogP contribution in [0, 0.1) is 10.1 Å². The van der Waals surface area contributed by atoms with Crippen molar-refractivity contribution in [3.05, 3.63) is 64.0 Å². The van der Waals surface area contributed by atoms with E-state index in [4.69, 9.17) is 0 Å². The van der Waals surface area contributed by atoms with Gasteiger partial charge in [0, 0.05) is 29.9 Å². The van der Waals surface area contributed by atoms with Gasteiger partial charge in [0.25, 0.3) is 5.69 Å². The Morgan fingerprint density at radius 1 is 1.31 bits per heavy atom. The number of nitrogens with one attached hydrogen (secondary N) is 1. The van der Waals surface area contributed by atoms with Crippen LogP contribution in [0.4, 0.5) is 5.69 Å². The van der Waals surface area contributed by atoms with E-state index in [-0.39, 0.29) is 16.5 Å². The van der Waals surface area contributed by atoms with E-state index in [0.29, 0.717) is 0 Å². The molecule has 0 bridgehead atoms. The number of H-pyrrole nitrogens is 1. The molecular formula is C12H12N2O2. The van der Waals surface area contributed by atoms with Gasteiger partial charge < -0.3 is 4.98 Å². The summed E-state index contributed by atoms with van der Waals surface area (Å²) in [5.74, 6) is 0.134. The molecule has 1 N–H and O–H groups in total. The van der Waals surface area contributed by atoms with Crippen molar-refractivity contribution in [3.63, 3.8) is 0 Å². The summed E-state index contributed by atoms with van der Waals surface area (Å²) < 4.78 is 0. The second kappa shape index (κ2) is 4.18. The van der Waals surface area contributed by atoms with Gasteiger partial charge >= 0.3 is 0 Å². The van der Waals surface area contributed by atoms with Crippen LogP contribution in [0.5, 0.6) is 0 Å². The molecule has 0 fully saturated rings. The summed E-state index contributed by atoms with van der Waals surface area (Å²) in [6, 6.07) is 10.6. The van der Waals surface area contributed by atoms with Gasteiger partial charge in [0.05, 0.1) is 4.92 Å².